The van der Waals surface area contributed by atoms with Crippen molar-refractivity contribution < 1.29 is 4.74 Å². The Balaban J connectivity index is 1.98. The second-order valence-corrected chi connectivity index (χ2v) is 2.62. The summed E-state index contributed by atoms with van der Waals surface area (Å²) in [5, 5.41) is 3.14. The molecule has 1 saturated heterocycles. The molecule has 0 aliphatic carbocycles. The third-order valence-corrected chi connectivity index (χ3v) is 1.83. The molecule has 0 aromatic rings. The molecule has 1 N–H and O–H groups in total. The monoisotopic (exact) mass is 129 g/mol. The number of nitrogens with one attached hydrogen (secondary N) is 1. The summed E-state index contributed by atoms with van der Waals surface area (Å²) in [6, 6.07) is 0. The molecule has 0 amide bonds. The first-order valence-electron chi connectivity index (χ1n) is 3.66. The van der Waals surface area contributed by atoms with Gasteiger partial charge in [0, 0.05) is 13.2 Å². The highest BCUT2D eigenvalue weighted by atomic mass is 16.5. The Bertz CT molecular complexity index is 69.3. The molecule has 54 valence electrons. The summed E-state index contributed by atoms with van der Waals surface area (Å²) in [5.41, 5.74) is 0. The molecule has 0 spiro atoms. The number of hydrogen-bond acceptors (Lipinski definition) is 2. The fraction of sp³-hybridized carbons (Fsp3) is 1.00. The van der Waals surface area contributed by atoms with Gasteiger partial charge in [-0.05, 0) is 32.4 Å². The van der Waals surface area contributed by atoms with E-state index in [4.69, 9.17) is 4.74 Å². The Hall–Kier alpha value is -0.0800. The van der Waals surface area contributed by atoms with E-state index in [0.717, 1.165) is 25.7 Å². The van der Waals surface area contributed by atoms with Crippen molar-refractivity contribution in [2.45, 2.75) is 12.8 Å². The highest BCUT2D eigenvalue weighted by Gasteiger charge is 2.13. The van der Waals surface area contributed by atoms with Crippen LogP contribution in [-0.4, -0.2) is 26.8 Å². The van der Waals surface area contributed by atoms with Gasteiger partial charge in [-0.25, -0.2) is 0 Å². The largest absolute Gasteiger partial charge is 0.381 e. The Kier molecular flexibility index (Phi) is 3.01. The molecule has 1 aliphatic heterocycles. The summed E-state index contributed by atoms with van der Waals surface area (Å²) in [6.45, 7) is 3.10. The van der Waals surface area contributed by atoms with Crippen molar-refractivity contribution in [2.75, 3.05) is 26.8 Å². The summed E-state index contributed by atoms with van der Waals surface area (Å²) in [4.78, 5) is 0. The molecule has 1 aliphatic rings. The normalized spacial score (nSPS) is 27.0. The fourth-order valence-electron chi connectivity index (χ4n) is 1.16. The minimum Gasteiger partial charge on any atom is -0.381 e. The van der Waals surface area contributed by atoms with Crippen LogP contribution in [0, 0.1) is 5.92 Å². The van der Waals surface area contributed by atoms with Crippen LogP contribution in [0.4, 0.5) is 0 Å². The molecular formula is C7H15NO. The van der Waals surface area contributed by atoms with E-state index in [2.05, 4.69) is 5.32 Å². The highest BCUT2D eigenvalue weighted by molar-refractivity contribution is 4.64. The van der Waals surface area contributed by atoms with E-state index in [9.17, 15) is 0 Å². The molecule has 1 atom stereocenters. The lowest BCUT2D eigenvalue weighted by Gasteiger charge is -2.04. The van der Waals surface area contributed by atoms with E-state index in [0.29, 0.717) is 0 Å². The fourth-order valence-corrected chi connectivity index (χ4v) is 1.16. The van der Waals surface area contributed by atoms with E-state index in [1.807, 2.05) is 7.05 Å². The molecule has 1 fully saturated rings. The number of ether oxygens (including phenoxy) is 1. The van der Waals surface area contributed by atoms with Gasteiger partial charge in [-0.3, -0.25) is 0 Å². The van der Waals surface area contributed by atoms with E-state index < -0.39 is 0 Å². The SMILES string of the molecule is CNCC[C@@H]1CCOC1. The van der Waals surface area contributed by atoms with Gasteiger partial charge in [0.1, 0.15) is 0 Å². The molecule has 0 aromatic carbocycles. The first kappa shape index (κ1) is 7.03. The molecule has 1 heterocycles. The first-order chi connectivity index (χ1) is 4.43. The van der Waals surface area contributed by atoms with Gasteiger partial charge in [0.05, 0.1) is 0 Å². The van der Waals surface area contributed by atoms with Gasteiger partial charge in [-0.1, -0.05) is 0 Å². The minimum absolute atomic E-state index is 0.831. The van der Waals surface area contributed by atoms with Crippen LogP contribution in [0.5, 0.6) is 0 Å². The molecule has 9 heavy (non-hydrogen) atoms. The van der Waals surface area contributed by atoms with Crippen molar-refractivity contribution >= 4 is 0 Å². The van der Waals surface area contributed by atoms with Crippen LogP contribution in [0.3, 0.4) is 0 Å². The van der Waals surface area contributed by atoms with E-state index in [-0.39, 0.29) is 0 Å². The predicted molar refractivity (Wildman–Crippen MR) is 37.5 cm³/mol. The van der Waals surface area contributed by atoms with Crippen molar-refractivity contribution in [1.82, 2.24) is 5.32 Å². The maximum atomic E-state index is 5.23. The number of hydrogen-bond donors (Lipinski definition) is 1. The average Bonchev–Trinajstić information content (AvgIpc) is 2.34. The molecule has 0 bridgehead atoms. The van der Waals surface area contributed by atoms with Gasteiger partial charge in [-0.15, -0.1) is 0 Å². The summed E-state index contributed by atoms with van der Waals surface area (Å²) >= 11 is 0. The lowest BCUT2D eigenvalue weighted by molar-refractivity contribution is 0.184. The van der Waals surface area contributed by atoms with E-state index in [1.165, 1.54) is 12.8 Å². The van der Waals surface area contributed by atoms with Crippen LogP contribution in [-0.2, 0) is 4.74 Å². The van der Waals surface area contributed by atoms with Crippen molar-refractivity contribution in [3.63, 3.8) is 0 Å². The third-order valence-electron chi connectivity index (χ3n) is 1.83. The molecule has 0 radical (unpaired) electrons. The van der Waals surface area contributed by atoms with Gasteiger partial charge < -0.3 is 10.1 Å². The topological polar surface area (TPSA) is 21.3 Å². The second kappa shape index (κ2) is 3.85. The minimum atomic E-state index is 0.831. The van der Waals surface area contributed by atoms with E-state index in [1.54, 1.807) is 0 Å². The van der Waals surface area contributed by atoms with Crippen LogP contribution < -0.4 is 5.32 Å². The van der Waals surface area contributed by atoms with Crippen LogP contribution in [0.15, 0.2) is 0 Å². The average molecular weight is 129 g/mol. The summed E-state index contributed by atoms with van der Waals surface area (Å²) < 4.78 is 5.23. The lowest BCUT2D eigenvalue weighted by atomic mass is 10.1. The van der Waals surface area contributed by atoms with Crippen molar-refractivity contribution in [3.05, 3.63) is 0 Å². The maximum Gasteiger partial charge on any atom is 0.0495 e. The Morgan fingerprint density at radius 1 is 1.67 bits per heavy atom. The molecule has 0 saturated carbocycles. The Labute approximate surface area is 56.6 Å². The third kappa shape index (κ3) is 2.33. The summed E-state index contributed by atoms with van der Waals surface area (Å²) in [5.74, 6) is 0.831. The molecule has 0 aromatic heterocycles. The lowest BCUT2D eigenvalue weighted by Crippen LogP contribution is -2.12. The van der Waals surface area contributed by atoms with Gasteiger partial charge in [-0.2, -0.15) is 0 Å². The summed E-state index contributed by atoms with van der Waals surface area (Å²) in [7, 11) is 2.00. The zero-order valence-electron chi connectivity index (χ0n) is 6.02. The maximum absolute atomic E-state index is 5.23. The molecule has 2 nitrogen and oxygen atoms in total. The first-order valence-corrected chi connectivity index (χ1v) is 3.66. The molecule has 0 unspecified atom stereocenters. The summed E-state index contributed by atoms with van der Waals surface area (Å²) in [6.07, 6.45) is 2.54. The van der Waals surface area contributed by atoms with Gasteiger partial charge in [0.25, 0.3) is 0 Å². The van der Waals surface area contributed by atoms with Crippen molar-refractivity contribution in [3.8, 4) is 0 Å². The van der Waals surface area contributed by atoms with Crippen LogP contribution >= 0.6 is 0 Å². The zero-order chi connectivity index (χ0) is 6.53. The van der Waals surface area contributed by atoms with Crippen LogP contribution in [0.2, 0.25) is 0 Å². The Morgan fingerprint density at radius 2 is 2.56 bits per heavy atom. The molecular weight excluding hydrogens is 114 g/mol. The van der Waals surface area contributed by atoms with E-state index >= 15 is 0 Å². The highest BCUT2D eigenvalue weighted by Crippen LogP contribution is 2.14. The second-order valence-electron chi connectivity index (χ2n) is 2.62. The van der Waals surface area contributed by atoms with Crippen LogP contribution in [0.25, 0.3) is 0 Å². The Morgan fingerprint density at radius 3 is 3.11 bits per heavy atom. The quantitative estimate of drug-likeness (QED) is 0.603. The molecule has 1 rings (SSSR count). The smallest absolute Gasteiger partial charge is 0.0495 e. The number of rotatable bonds is 3. The zero-order valence-corrected chi connectivity index (χ0v) is 6.02. The predicted octanol–water partition coefficient (Wildman–Crippen LogP) is 0.632. The molecule has 2 heteroatoms. The van der Waals surface area contributed by atoms with Crippen molar-refractivity contribution in [2.24, 2.45) is 5.92 Å². The standard InChI is InChI=1S/C7H15NO/c1-8-4-2-7-3-5-9-6-7/h7-8H,2-6H2,1H3/t7-/m1/s1. The van der Waals surface area contributed by atoms with Crippen LogP contribution in [0.1, 0.15) is 12.8 Å². The van der Waals surface area contributed by atoms with Gasteiger partial charge in [0.2, 0.25) is 0 Å². The van der Waals surface area contributed by atoms with Crippen molar-refractivity contribution in [1.29, 1.82) is 0 Å². The van der Waals surface area contributed by atoms with Gasteiger partial charge >= 0.3 is 0 Å². The van der Waals surface area contributed by atoms with Gasteiger partial charge in [0.15, 0.2) is 0 Å².